The van der Waals surface area contributed by atoms with Crippen molar-refractivity contribution in [2.75, 3.05) is 6.54 Å². The van der Waals surface area contributed by atoms with Crippen molar-refractivity contribution in [3.05, 3.63) is 46.1 Å². The summed E-state index contributed by atoms with van der Waals surface area (Å²) in [6, 6.07) is 7.18. The fourth-order valence-electron chi connectivity index (χ4n) is 2.39. The fraction of sp³-hybridized carbons (Fsp3) is 0.286. The summed E-state index contributed by atoms with van der Waals surface area (Å²) in [7, 11) is 0. The predicted molar refractivity (Wildman–Crippen MR) is 68.8 cm³/mol. The molecule has 1 atom stereocenters. The number of carbonyl (C=O) groups is 2. The molecule has 0 amide bonds. The second kappa shape index (κ2) is 3.95. The van der Waals surface area contributed by atoms with Gasteiger partial charge in [-0.15, -0.1) is 0 Å². The molecule has 18 heavy (non-hydrogen) atoms. The molecular weight excluding hydrogens is 250 g/mol. The first-order valence-corrected chi connectivity index (χ1v) is 6.37. The minimum atomic E-state index is -0.247. The first-order chi connectivity index (χ1) is 8.65. The maximum absolute atomic E-state index is 12.4. The Morgan fingerprint density at radius 3 is 2.39 bits per heavy atom. The van der Waals surface area contributed by atoms with Crippen LogP contribution < -0.4 is 0 Å². The van der Waals surface area contributed by atoms with Crippen molar-refractivity contribution >= 4 is 23.2 Å². The Morgan fingerprint density at radius 1 is 1.22 bits per heavy atom. The highest BCUT2D eigenvalue weighted by Crippen LogP contribution is 2.36. The standard InChI is InChI=1S/C14H12ClNO2/c1-2-8-7-16(8)12-11(15)13(17)9-5-3-4-6-10(9)14(12)18/h3-6,8H,2,7H2,1H3. The third kappa shape index (κ3) is 1.51. The van der Waals surface area contributed by atoms with Crippen LogP contribution in [0.15, 0.2) is 35.0 Å². The zero-order chi connectivity index (χ0) is 12.9. The van der Waals surface area contributed by atoms with Crippen LogP contribution in [0.25, 0.3) is 0 Å². The summed E-state index contributed by atoms with van der Waals surface area (Å²) in [6.45, 7) is 2.87. The molecule has 1 saturated heterocycles. The number of ketones is 2. The molecule has 1 aromatic carbocycles. The van der Waals surface area contributed by atoms with Crippen LogP contribution >= 0.6 is 11.6 Å². The Kier molecular flexibility index (Phi) is 2.52. The Morgan fingerprint density at radius 2 is 1.83 bits per heavy atom. The van der Waals surface area contributed by atoms with Gasteiger partial charge in [0.05, 0.1) is 0 Å². The molecule has 4 heteroatoms. The van der Waals surface area contributed by atoms with Crippen LogP contribution in [-0.4, -0.2) is 29.1 Å². The van der Waals surface area contributed by atoms with Gasteiger partial charge in [-0.1, -0.05) is 42.8 Å². The van der Waals surface area contributed by atoms with Crippen LogP contribution in [0.1, 0.15) is 34.1 Å². The number of rotatable bonds is 2. The molecule has 0 bridgehead atoms. The lowest BCUT2D eigenvalue weighted by atomic mass is 9.92. The molecule has 3 nitrogen and oxygen atoms in total. The molecule has 0 N–H and O–H groups in total. The molecule has 1 aliphatic heterocycles. The lowest BCUT2D eigenvalue weighted by molar-refractivity contribution is 0.0965. The van der Waals surface area contributed by atoms with E-state index in [0.29, 0.717) is 22.9 Å². The highest BCUT2D eigenvalue weighted by molar-refractivity contribution is 6.49. The summed E-state index contributed by atoms with van der Waals surface area (Å²) < 4.78 is 0. The minimum absolute atomic E-state index is 0.0645. The second-order valence-electron chi connectivity index (χ2n) is 4.58. The first-order valence-electron chi connectivity index (χ1n) is 6.00. The summed E-state index contributed by atoms with van der Waals surface area (Å²) >= 11 is 6.08. The van der Waals surface area contributed by atoms with Crippen LogP contribution in [0.2, 0.25) is 0 Å². The second-order valence-corrected chi connectivity index (χ2v) is 4.96. The van der Waals surface area contributed by atoms with E-state index >= 15 is 0 Å². The molecule has 1 heterocycles. The zero-order valence-electron chi connectivity index (χ0n) is 9.94. The number of fused-ring (bicyclic) bond motifs is 1. The maximum Gasteiger partial charge on any atom is 0.211 e. The molecule has 2 aliphatic rings. The van der Waals surface area contributed by atoms with Crippen LogP contribution in [0.3, 0.4) is 0 Å². The smallest absolute Gasteiger partial charge is 0.211 e. The predicted octanol–water partition coefficient (Wildman–Crippen LogP) is 2.61. The van der Waals surface area contributed by atoms with Gasteiger partial charge in [0.15, 0.2) is 0 Å². The third-order valence-electron chi connectivity index (χ3n) is 3.51. The number of benzene rings is 1. The van der Waals surface area contributed by atoms with E-state index in [1.54, 1.807) is 24.3 Å². The number of hydrogen-bond acceptors (Lipinski definition) is 3. The minimum Gasteiger partial charge on any atom is -0.360 e. The summed E-state index contributed by atoms with van der Waals surface area (Å²) in [5, 5.41) is 0.0645. The highest BCUT2D eigenvalue weighted by atomic mass is 35.5. The summed E-state index contributed by atoms with van der Waals surface area (Å²) in [5.74, 6) is -0.380. The fourth-order valence-corrected chi connectivity index (χ4v) is 2.69. The molecule has 1 fully saturated rings. The van der Waals surface area contributed by atoms with E-state index < -0.39 is 0 Å². The summed E-state index contributed by atoms with van der Waals surface area (Å²) in [4.78, 5) is 26.4. The van der Waals surface area contributed by atoms with E-state index in [2.05, 4.69) is 6.92 Å². The topological polar surface area (TPSA) is 37.1 Å². The number of allylic oxidation sites excluding steroid dienone is 2. The molecular formula is C14H12ClNO2. The molecule has 0 saturated carbocycles. The van der Waals surface area contributed by atoms with Gasteiger partial charge in [0.25, 0.3) is 0 Å². The highest BCUT2D eigenvalue weighted by Gasteiger charge is 2.42. The van der Waals surface area contributed by atoms with Crippen LogP contribution in [-0.2, 0) is 0 Å². The Balaban J connectivity index is 2.09. The number of halogens is 1. The SMILES string of the molecule is CCC1CN1C1=C(Cl)C(=O)c2ccccc2C1=O. The first kappa shape index (κ1) is 11.5. The Labute approximate surface area is 110 Å². The van der Waals surface area contributed by atoms with E-state index in [0.717, 1.165) is 13.0 Å². The van der Waals surface area contributed by atoms with E-state index in [1.165, 1.54) is 0 Å². The van der Waals surface area contributed by atoms with E-state index in [-0.39, 0.29) is 16.6 Å². The van der Waals surface area contributed by atoms with Gasteiger partial charge in [-0.25, -0.2) is 0 Å². The Bertz CT molecular complexity index is 591. The number of nitrogens with zero attached hydrogens (tertiary/aromatic N) is 1. The number of Topliss-reactive ketones (excluding diaryl/α,β-unsaturated/α-hetero) is 2. The van der Waals surface area contributed by atoms with Gasteiger partial charge < -0.3 is 4.90 Å². The summed E-state index contributed by atoms with van der Waals surface area (Å²) in [5.41, 5.74) is 1.25. The monoisotopic (exact) mass is 261 g/mol. The van der Waals surface area contributed by atoms with Crippen LogP contribution in [0.5, 0.6) is 0 Å². The average molecular weight is 262 g/mol. The van der Waals surface area contributed by atoms with Gasteiger partial charge in [-0.05, 0) is 6.42 Å². The van der Waals surface area contributed by atoms with Gasteiger partial charge in [0.2, 0.25) is 11.6 Å². The number of carbonyl (C=O) groups excluding carboxylic acids is 2. The quantitative estimate of drug-likeness (QED) is 0.768. The molecule has 1 unspecified atom stereocenters. The van der Waals surface area contributed by atoms with Gasteiger partial charge in [0.1, 0.15) is 10.7 Å². The molecule has 0 aromatic heterocycles. The largest absolute Gasteiger partial charge is 0.360 e. The van der Waals surface area contributed by atoms with Crippen molar-refractivity contribution in [2.24, 2.45) is 0 Å². The lowest BCUT2D eigenvalue weighted by Gasteiger charge is -2.19. The van der Waals surface area contributed by atoms with Crippen molar-refractivity contribution < 1.29 is 9.59 Å². The third-order valence-corrected chi connectivity index (χ3v) is 3.86. The van der Waals surface area contributed by atoms with Gasteiger partial charge in [-0.2, -0.15) is 0 Å². The Hall–Kier alpha value is -1.61. The lowest BCUT2D eigenvalue weighted by Crippen LogP contribution is -2.24. The van der Waals surface area contributed by atoms with Crippen LogP contribution in [0.4, 0.5) is 0 Å². The zero-order valence-corrected chi connectivity index (χ0v) is 10.7. The van der Waals surface area contributed by atoms with Crippen molar-refractivity contribution in [3.63, 3.8) is 0 Å². The summed E-state index contributed by atoms with van der Waals surface area (Å²) in [6.07, 6.45) is 0.955. The van der Waals surface area contributed by atoms with Crippen LogP contribution in [0, 0.1) is 0 Å². The van der Waals surface area contributed by atoms with Crippen molar-refractivity contribution in [2.45, 2.75) is 19.4 Å². The molecule has 1 aliphatic carbocycles. The van der Waals surface area contributed by atoms with Gasteiger partial charge in [-0.3, -0.25) is 9.59 Å². The van der Waals surface area contributed by atoms with E-state index in [4.69, 9.17) is 11.6 Å². The van der Waals surface area contributed by atoms with Crippen molar-refractivity contribution in [3.8, 4) is 0 Å². The number of hydrogen-bond donors (Lipinski definition) is 0. The van der Waals surface area contributed by atoms with Crippen molar-refractivity contribution in [1.29, 1.82) is 0 Å². The van der Waals surface area contributed by atoms with E-state index in [9.17, 15) is 9.59 Å². The molecule has 92 valence electrons. The molecule has 0 spiro atoms. The van der Waals surface area contributed by atoms with Crippen molar-refractivity contribution in [1.82, 2.24) is 4.90 Å². The average Bonchev–Trinajstić information content (AvgIpc) is 3.16. The van der Waals surface area contributed by atoms with Gasteiger partial charge in [0, 0.05) is 23.7 Å². The maximum atomic E-state index is 12.4. The van der Waals surface area contributed by atoms with E-state index in [1.807, 2.05) is 4.90 Å². The van der Waals surface area contributed by atoms with Gasteiger partial charge >= 0.3 is 0 Å². The molecule has 1 aromatic rings. The molecule has 0 radical (unpaired) electrons. The normalized spacial score (nSPS) is 22.3. The molecule has 3 rings (SSSR count).